The zero-order valence-corrected chi connectivity index (χ0v) is 18.3. The Morgan fingerprint density at radius 1 is 0.938 bits per heavy atom. The Hall–Kier alpha value is -3.61. The average molecular weight is 436 g/mol. The van der Waals surface area contributed by atoms with E-state index in [1.807, 2.05) is 24.3 Å². The second-order valence-corrected chi connectivity index (χ2v) is 7.64. The minimum absolute atomic E-state index is 0.287. The number of carbonyl (C=O) groups is 3. The summed E-state index contributed by atoms with van der Waals surface area (Å²) in [6.07, 6.45) is 7.50. The molecule has 32 heavy (non-hydrogen) atoms. The number of allylic oxidation sites excluding steroid dienone is 1. The quantitative estimate of drug-likeness (QED) is 0.436. The van der Waals surface area contributed by atoms with Gasteiger partial charge in [-0.2, -0.15) is 0 Å². The van der Waals surface area contributed by atoms with Crippen LogP contribution in [0.1, 0.15) is 48.0 Å². The standard InChI is InChI=1S/C25H29N3O4/c1-32-20-13-11-19(12-14-20)17-27-23(29)21-9-5-6-10-22(21)28-25(31)24(30)26-16-15-18-7-3-2-4-8-18/h5-7,9-14H,2-4,8,15-17H2,1H3,(H,26,30)(H,27,29)(H,28,31). The Morgan fingerprint density at radius 2 is 1.72 bits per heavy atom. The molecule has 0 atom stereocenters. The van der Waals surface area contributed by atoms with Crippen molar-refractivity contribution >= 4 is 23.4 Å². The van der Waals surface area contributed by atoms with Crippen molar-refractivity contribution in [2.75, 3.05) is 19.0 Å². The molecule has 0 bridgehead atoms. The summed E-state index contributed by atoms with van der Waals surface area (Å²) >= 11 is 0. The molecule has 2 aromatic carbocycles. The fraction of sp³-hybridized carbons (Fsp3) is 0.320. The highest BCUT2D eigenvalue weighted by atomic mass is 16.5. The van der Waals surface area contributed by atoms with Gasteiger partial charge in [0.2, 0.25) is 0 Å². The predicted octanol–water partition coefficient (Wildman–Crippen LogP) is 3.57. The lowest BCUT2D eigenvalue weighted by molar-refractivity contribution is -0.136. The van der Waals surface area contributed by atoms with Gasteiger partial charge in [0.15, 0.2) is 0 Å². The van der Waals surface area contributed by atoms with E-state index < -0.39 is 11.8 Å². The number of nitrogens with one attached hydrogen (secondary N) is 3. The lowest BCUT2D eigenvalue weighted by Gasteiger charge is -2.13. The molecule has 0 saturated carbocycles. The molecule has 0 aromatic heterocycles. The summed E-state index contributed by atoms with van der Waals surface area (Å²) in [6.45, 7) is 0.740. The Morgan fingerprint density at radius 3 is 2.44 bits per heavy atom. The Labute approximate surface area is 188 Å². The fourth-order valence-corrected chi connectivity index (χ4v) is 3.54. The summed E-state index contributed by atoms with van der Waals surface area (Å²) in [7, 11) is 1.59. The summed E-state index contributed by atoms with van der Waals surface area (Å²) in [5, 5.41) is 8.03. The first-order valence-corrected chi connectivity index (χ1v) is 10.8. The van der Waals surface area contributed by atoms with Crippen LogP contribution in [-0.4, -0.2) is 31.4 Å². The van der Waals surface area contributed by atoms with E-state index in [1.165, 1.54) is 18.4 Å². The van der Waals surface area contributed by atoms with Crippen molar-refractivity contribution in [1.82, 2.24) is 10.6 Å². The van der Waals surface area contributed by atoms with E-state index in [0.717, 1.165) is 30.6 Å². The topological polar surface area (TPSA) is 96.5 Å². The fourth-order valence-electron chi connectivity index (χ4n) is 3.54. The molecular formula is C25H29N3O4. The van der Waals surface area contributed by atoms with Crippen molar-refractivity contribution < 1.29 is 19.1 Å². The Balaban J connectivity index is 1.52. The van der Waals surface area contributed by atoms with Crippen molar-refractivity contribution in [3.63, 3.8) is 0 Å². The average Bonchev–Trinajstić information content (AvgIpc) is 2.83. The lowest BCUT2D eigenvalue weighted by atomic mass is 9.97. The summed E-state index contributed by atoms with van der Waals surface area (Å²) in [6, 6.07) is 14.0. The van der Waals surface area contributed by atoms with E-state index in [4.69, 9.17) is 4.74 Å². The molecule has 1 aliphatic carbocycles. The van der Waals surface area contributed by atoms with Crippen LogP contribution in [-0.2, 0) is 16.1 Å². The molecule has 7 nitrogen and oxygen atoms in total. The van der Waals surface area contributed by atoms with Gasteiger partial charge in [0.05, 0.1) is 18.4 Å². The number of carbonyl (C=O) groups excluding carboxylic acids is 3. The number of amides is 3. The largest absolute Gasteiger partial charge is 0.497 e. The maximum Gasteiger partial charge on any atom is 0.313 e. The van der Waals surface area contributed by atoms with Crippen LogP contribution in [0, 0.1) is 0 Å². The number of benzene rings is 2. The van der Waals surface area contributed by atoms with Crippen LogP contribution in [0.25, 0.3) is 0 Å². The van der Waals surface area contributed by atoms with Gasteiger partial charge in [-0.1, -0.05) is 35.9 Å². The van der Waals surface area contributed by atoms with Crippen LogP contribution >= 0.6 is 0 Å². The zero-order chi connectivity index (χ0) is 22.8. The summed E-state index contributed by atoms with van der Waals surface area (Å²) in [4.78, 5) is 37.2. The number of hydrogen-bond acceptors (Lipinski definition) is 4. The molecule has 1 aliphatic rings. The van der Waals surface area contributed by atoms with Crippen molar-refractivity contribution in [2.24, 2.45) is 0 Å². The molecule has 0 aliphatic heterocycles. The third-order valence-electron chi connectivity index (χ3n) is 5.35. The van der Waals surface area contributed by atoms with Gasteiger partial charge < -0.3 is 20.7 Å². The Kier molecular flexibility index (Phi) is 8.43. The highest BCUT2D eigenvalue weighted by Gasteiger charge is 2.18. The molecule has 3 N–H and O–H groups in total. The van der Waals surface area contributed by atoms with Crippen LogP contribution in [0.3, 0.4) is 0 Å². The van der Waals surface area contributed by atoms with E-state index in [1.54, 1.807) is 31.4 Å². The van der Waals surface area contributed by atoms with Crippen LogP contribution in [0.5, 0.6) is 5.75 Å². The first kappa shape index (κ1) is 23.1. The molecule has 7 heteroatoms. The van der Waals surface area contributed by atoms with E-state index >= 15 is 0 Å². The number of ether oxygens (including phenoxy) is 1. The van der Waals surface area contributed by atoms with Gasteiger partial charge in [-0.3, -0.25) is 14.4 Å². The molecule has 0 spiro atoms. The summed E-state index contributed by atoms with van der Waals surface area (Å²) in [5.74, 6) is -1.11. The van der Waals surface area contributed by atoms with Gasteiger partial charge in [0.25, 0.3) is 5.91 Å². The number of hydrogen-bond donors (Lipinski definition) is 3. The van der Waals surface area contributed by atoms with Crippen LogP contribution < -0.4 is 20.7 Å². The second-order valence-electron chi connectivity index (χ2n) is 7.64. The second kappa shape index (κ2) is 11.7. The minimum Gasteiger partial charge on any atom is -0.497 e. The molecule has 0 fully saturated rings. The lowest BCUT2D eigenvalue weighted by Crippen LogP contribution is -2.36. The number of para-hydroxylation sites is 1. The van der Waals surface area contributed by atoms with Crippen molar-refractivity contribution in [1.29, 1.82) is 0 Å². The third kappa shape index (κ3) is 6.70. The zero-order valence-electron chi connectivity index (χ0n) is 18.3. The minimum atomic E-state index is -0.793. The molecule has 2 aromatic rings. The molecule has 0 heterocycles. The molecule has 0 radical (unpaired) electrons. The highest BCUT2D eigenvalue weighted by Crippen LogP contribution is 2.19. The van der Waals surface area contributed by atoms with E-state index in [0.29, 0.717) is 13.1 Å². The molecule has 0 unspecified atom stereocenters. The van der Waals surface area contributed by atoms with Gasteiger partial charge in [-0.15, -0.1) is 0 Å². The van der Waals surface area contributed by atoms with Crippen molar-refractivity contribution in [3.05, 3.63) is 71.3 Å². The van der Waals surface area contributed by atoms with Gasteiger partial charge in [0, 0.05) is 13.1 Å². The van der Waals surface area contributed by atoms with E-state index in [2.05, 4.69) is 22.0 Å². The maximum absolute atomic E-state index is 12.7. The first-order chi connectivity index (χ1) is 15.6. The summed E-state index contributed by atoms with van der Waals surface area (Å²) < 4.78 is 5.13. The number of methoxy groups -OCH3 is 1. The summed E-state index contributed by atoms with van der Waals surface area (Å²) in [5.41, 5.74) is 2.81. The highest BCUT2D eigenvalue weighted by molar-refractivity contribution is 6.40. The smallest absolute Gasteiger partial charge is 0.313 e. The molecule has 3 amide bonds. The normalized spacial score (nSPS) is 13.0. The SMILES string of the molecule is COc1ccc(CNC(=O)c2ccccc2NC(=O)C(=O)NCCC2=CCCCC2)cc1. The third-order valence-corrected chi connectivity index (χ3v) is 5.35. The predicted molar refractivity (Wildman–Crippen MR) is 123 cm³/mol. The van der Waals surface area contributed by atoms with Crippen molar-refractivity contribution in [3.8, 4) is 5.75 Å². The van der Waals surface area contributed by atoms with Gasteiger partial charge >= 0.3 is 11.8 Å². The monoisotopic (exact) mass is 435 g/mol. The van der Waals surface area contributed by atoms with Gasteiger partial charge in [-0.05, 0) is 61.9 Å². The van der Waals surface area contributed by atoms with Crippen molar-refractivity contribution in [2.45, 2.75) is 38.6 Å². The van der Waals surface area contributed by atoms with Crippen LogP contribution in [0.4, 0.5) is 5.69 Å². The molecular weight excluding hydrogens is 406 g/mol. The number of rotatable bonds is 8. The van der Waals surface area contributed by atoms with Gasteiger partial charge in [-0.25, -0.2) is 0 Å². The van der Waals surface area contributed by atoms with Crippen LogP contribution in [0.2, 0.25) is 0 Å². The number of anilines is 1. The molecule has 0 saturated heterocycles. The molecule has 168 valence electrons. The van der Waals surface area contributed by atoms with Crippen LogP contribution in [0.15, 0.2) is 60.2 Å². The van der Waals surface area contributed by atoms with Gasteiger partial charge in [0.1, 0.15) is 5.75 Å². The Bertz CT molecular complexity index is 983. The maximum atomic E-state index is 12.7. The van der Waals surface area contributed by atoms with E-state index in [9.17, 15) is 14.4 Å². The van der Waals surface area contributed by atoms with E-state index in [-0.39, 0.29) is 17.2 Å². The first-order valence-electron chi connectivity index (χ1n) is 10.8. The molecule has 3 rings (SSSR count).